The Morgan fingerprint density at radius 3 is 3.00 bits per heavy atom. The standard InChI is InChI=1S/C16H17BrN2O2/c1-20-13-5-4-11(17)14-15(18-9-2-3-9)10-8-21-7-6-12(10)19-16(13)14/h4-5,9H,2-3,6-8H2,1H3,(H,18,19). The molecule has 2 aromatic rings. The Morgan fingerprint density at radius 1 is 1.38 bits per heavy atom. The van der Waals surface area contributed by atoms with E-state index in [4.69, 9.17) is 14.5 Å². The van der Waals surface area contributed by atoms with Gasteiger partial charge >= 0.3 is 0 Å². The molecule has 21 heavy (non-hydrogen) atoms. The van der Waals surface area contributed by atoms with Crippen molar-refractivity contribution in [1.29, 1.82) is 0 Å². The molecule has 4 nitrogen and oxygen atoms in total. The molecule has 0 amide bonds. The summed E-state index contributed by atoms with van der Waals surface area (Å²) in [4.78, 5) is 4.86. The van der Waals surface area contributed by atoms with Crippen molar-refractivity contribution in [3.05, 3.63) is 27.9 Å². The fraction of sp³-hybridized carbons (Fsp3) is 0.438. The first kappa shape index (κ1) is 13.3. The lowest BCUT2D eigenvalue weighted by atomic mass is 10.0. The van der Waals surface area contributed by atoms with Gasteiger partial charge in [-0.25, -0.2) is 4.98 Å². The van der Waals surface area contributed by atoms with Crippen LogP contribution in [0.3, 0.4) is 0 Å². The van der Waals surface area contributed by atoms with Crippen molar-refractivity contribution in [1.82, 2.24) is 4.98 Å². The average Bonchev–Trinajstić information content (AvgIpc) is 3.31. The topological polar surface area (TPSA) is 43.4 Å². The summed E-state index contributed by atoms with van der Waals surface area (Å²) in [6, 6.07) is 4.57. The van der Waals surface area contributed by atoms with E-state index < -0.39 is 0 Å². The molecule has 4 rings (SSSR count). The first-order valence-corrected chi connectivity index (χ1v) is 8.09. The van der Waals surface area contributed by atoms with Crippen molar-refractivity contribution in [2.75, 3.05) is 19.0 Å². The van der Waals surface area contributed by atoms with Gasteiger partial charge in [-0.05, 0) is 25.0 Å². The molecule has 1 fully saturated rings. The van der Waals surface area contributed by atoms with Crippen LogP contribution in [0.1, 0.15) is 24.1 Å². The summed E-state index contributed by atoms with van der Waals surface area (Å²) in [5.41, 5.74) is 4.43. The number of aromatic nitrogens is 1. The zero-order valence-electron chi connectivity index (χ0n) is 11.9. The number of nitrogens with one attached hydrogen (secondary N) is 1. The van der Waals surface area contributed by atoms with Crippen LogP contribution in [0.25, 0.3) is 10.9 Å². The minimum atomic E-state index is 0.583. The molecule has 1 N–H and O–H groups in total. The summed E-state index contributed by atoms with van der Waals surface area (Å²) >= 11 is 3.67. The van der Waals surface area contributed by atoms with Crippen LogP contribution in [-0.4, -0.2) is 24.7 Å². The van der Waals surface area contributed by atoms with Gasteiger partial charge in [0, 0.05) is 27.9 Å². The molecule has 0 atom stereocenters. The zero-order valence-corrected chi connectivity index (χ0v) is 13.5. The molecule has 0 saturated heterocycles. The number of nitrogens with zero attached hydrogens (tertiary/aromatic N) is 1. The third-order valence-corrected chi connectivity index (χ3v) is 4.77. The third-order valence-electron chi connectivity index (χ3n) is 4.11. The van der Waals surface area contributed by atoms with Gasteiger partial charge in [-0.2, -0.15) is 0 Å². The van der Waals surface area contributed by atoms with Crippen LogP contribution >= 0.6 is 15.9 Å². The van der Waals surface area contributed by atoms with Crippen LogP contribution in [0.5, 0.6) is 5.75 Å². The van der Waals surface area contributed by atoms with Crippen molar-refractivity contribution in [3.63, 3.8) is 0 Å². The minimum absolute atomic E-state index is 0.583. The molecule has 1 aromatic carbocycles. The number of fused-ring (bicyclic) bond motifs is 2. The van der Waals surface area contributed by atoms with Gasteiger partial charge in [-0.1, -0.05) is 15.9 Å². The van der Waals surface area contributed by atoms with E-state index in [9.17, 15) is 0 Å². The number of hydrogen-bond donors (Lipinski definition) is 1. The lowest BCUT2D eigenvalue weighted by molar-refractivity contribution is 0.110. The lowest BCUT2D eigenvalue weighted by Gasteiger charge is -2.23. The maximum atomic E-state index is 5.66. The highest BCUT2D eigenvalue weighted by Gasteiger charge is 2.27. The molecule has 110 valence electrons. The molecule has 0 spiro atoms. The Bertz CT molecular complexity index is 713. The van der Waals surface area contributed by atoms with Gasteiger partial charge in [0.2, 0.25) is 0 Å². The molecule has 1 aliphatic heterocycles. The summed E-state index contributed by atoms with van der Waals surface area (Å²) in [5, 5.41) is 4.78. The molecule has 1 aromatic heterocycles. The SMILES string of the molecule is COc1ccc(Br)c2c(NC3CC3)c3c(nc12)CCOC3. The first-order valence-electron chi connectivity index (χ1n) is 7.30. The van der Waals surface area contributed by atoms with E-state index in [2.05, 4.69) is 21.2 Å². The van der Waals surface area contributed by atoms with Crippen LogP contribution in [0.2, 0.25) is 0 Å². The molecule has 0 radical (unpaired) electrons. The third kappa shape index (κ3) is 2.28. The first-order chi connectivity index (χ1) is 10.3. The number of anilines is 1. The normalized spacial score (nSPS) is 17.6. The second-order valence-electron chi connectivity index (χ2n) is 5.61. The fourth-order valence-corrected chi connectivity index (χ4v) is 3.37. The van der Waals surface area contributed by atoms with E-state index >= 15 is 0 Å². The fourth-order valence-electron chi connectivity index (χ4n) is 2.85. The van der Waals surface area contributed by atoms with Crippen molar-refractivity contribution >= 4 is 32.5 Å². The highest BCUT2D eigenvalue weighted by molar-refractivity contribution is 9.10. The largest absolute Gasteiger partial charge is 0.494 e. The van der Waals surface area contributed by atoms with E-state index in [1.165, 1.54) is 24.1 Å². The minimum Gasteiger partial charge on any atom is -0.494 e. The Balaban J connectivity index is 2.02. The van der Waals surface area contributed by atoms with Crippen molar-refractivity contribution in [2.24, 2.45) is 0 Å². The Labute approximate surface area is 132 Å². The Morgan fingerprint density at radius 2 is 2.24 bits per heavy atom. The monoisotopic (exact) mass is 348 g/mol. The van der Waals surface area contributed by atoms with Gasteiger partial charge in [-0.15, -0.1) is 0 Å². The lowest BCUT2D eigenvalue weighted by Crippen LogP contribution is -2.16. The second kappa shape index (κ2) is 5.14. The quantitative estimate of drug-likeness (QED) is 0.919. The average molecular weight is 349 g/mol. The molecule has 5 heteroatoms. The Kier molecular flexibility index (Phi) is 3.27. The number of ether oxygens (including phenoxy) is 2. The number of halogens is 1. The molecular formula is C16H17BrN2O2. The Hall–Kier alpha value is -1.33. The molecule has 2 heterocycles. The highest BCUT2D eigenvalue weighted by Crippen LogP contribution is 2.41. The number of hydrogen-bond acceptors (Lipinski definition) is 4. The van der Waals surface area contributed by atoms with E-state index in [-0.39, 0.29) is 0 Å². The van der Waals surface area contributed by atoms with Gasteiger partial charge in [0.05, 0.1) is 31.7 Å². The number of pyridine rings is 1. The van der Waals surface area contributed by atoms with Gasteiger partial charge in [0.1, 0.15) is 11.3 Å². The maximum Gasteiger partial charge on any atom is 0.145 e. The molecule has 0 bridgehead atoms. The summed E-state index contributed by atoms with van der Waals surface area (Å²) in [7, 11) is 1.70. The summed E-state index contributed by atoms with van der Waals surface area (Å²) < 4.78 is 12.2. The van der Waals surface area contributed by atoms with Crippen LogP contribution in [-0.2, 0) is 17.8 Å². The molecule has 0 unspecified atom stereocenters. The second-order valence-corrected chi connectivity index (χ2v) is 6.46. The van der Waals surface area contributed by atoms with E-state index in [1.807, 2.05) is 12.1 Å². The summed E-state index contributed by atoms with van der Waals surface area (Å²) in [6.45, 7) is 1.38. The zero-order chi connectivity index (χ0) is 14.4. The molecule has 1 aliphatic carbocycles. The van der Waals surface area contributed by atoms with E-state index in [0.717, 1.165) is 39.8 Å². The van der Waals surface area contributed by atoms with Gasteiger partial charge in [0.15, 0.2) is 0 Å². The van der Waals surface area contributed by atoms with E-state index in [0.29, 0.717) is 12.6 Å². The van der Waals surface area contributed by atoms with Crippen LogP contribution < -0.4 is 10.1 Å². The van der Waals surface area contributed by atoms with Crippen molar-refractivity contribution in [2.45, 2.75) is 31.9 Å². The number of rotatable bonds is 3. The van der Waals surface area contributed by atoms with Gasteiger partial charge in [0.25, 0.3) is 0 Å². The molecule has 2 aliphatic rings. The van der Waals surface area contributed by atoms with Crippen LogP contribution in [0.15, 0.2) is 16.6 Å². The van der Waals surface area contributed by atoms with Crippen LogP contribution in [0, 0.1) is 0 Å². The predicted octanol–water partition coefficient (Wildman–Crippen LogP) is 3.65. The van der Waals surface area contributed by atoms with Gasteiger partial charge < -0.3 is 14.8 Å². The van der Waals surface area contributed by atoms with E-state index in [1.54, 1.807) is 7.11 Å². The van der Waals surface area contributed by atoms with Crippen molar-refractivity contribution < 1.29 is 9.47 Å². The molecular weight excluding hydrogens is 332 g/mol. The summed E-state index contributed by atoms with van der Waals surface area (Å²) in [5.74, 6) is 0.821. The van der Waals surface area contributed by atoms with Crippen molar-refractivity contribution in [3.8, 4) is 5.75 Å². The van der Waals surface area contributed by atoms with Crippen LogP contribution in [0.4, 0.5) is 5.69 Å². The molecule has 1 saturated carbocycles. The van der Waals surface area contributed by atoms with Gasteiger partial charge in [-0.3, -0.25) is 0 Å². The maximum absolute atomic E-state index is 5.66. The highest BCUT2D eigenvalue weighted by atomic mass is 79.9. The number of benzene rings is 1. The smallest absolute Gasteiger partial charge is 0.145 e. The number of methoxy groups -OCH3 is 1. The predicted molar refractivity (Wildman–Crippen MR) is 86.0 cm³/mol. The summed E-state index contributed by atoms with van der Waals surface area (Å²) in [6.07, 6.45) is 3.34.